The van der Waals surface area contributed by atoms with Crippen LogP contribution in [-0.4, -0.2) is 14.3 Å². The highest BCUT2D eigenvalue weighted by Gasteiger charge is 2.10. The van der Waals surface area contributed by atoms with Crippen LogP contribution in [0.4, 0.5) is 5.69 Å². The Balaban J connectivity index is 1.35. The summed E-state index contributed by atoms with van der Waals surface area (Å²) >= 11 is 1.36. The van der Waals surface area contributed by atoms with Gasteiger partial charge in [-0.2, -0.15) is 0 Å². The summed E-state index contributed by atoms with van der Waals surface area (Å²) in [6.45, 7) is 0.307. The molecular formula is C23H15N3O4S. The van der Waals surface area contributed by atoms with Crippen LogP contribution in [0.15, 0.2) is 77.6 Å². The molecule has 0 spiro atoms. The van der Waals surface area contributed by atoms with E-state index in [9.17, 15) is 14.9 Å². The van der Waals surface area contributed by atoms with Crippen molar-refractivity contribution in [2.75, 3.05) is 0 Å². The lowest BCUT2D eigenvalue weighted by Crippen LogP contribution is -2.22. The molecule has 3 aromatic carbocycles. The summed E-state index contributed by atoms with van der Waals surface area (Å²) in [4.78, 5) is 28.3. The molecule has 0 N–H and O–H groups in total. The van der Waals surface area contributed by atoms with Gasteiger partial charge in [-0.1, -0.05) is 35.6 Å². The number of non-ortho nitro benzene ring substituents is 1. The van der Waals surface area contributed by atoms with Crippen LogP contribution >= 0.6 is 11.3 Å². The molecule has 2 aromatic heterocycles. The normalized spacial score (nSPS) is 11.9. The van der Waals surface area contributed by atoms with Crippen molar-refractivity contribution in [2.45, 2.75) is 6.61 Å². The third kappa shape index (κ3) is 3.64. The number of hydrogen-bond acceptors (Lipinski definition) is 6. The zero-order chi connectivity index (χ0) is 21.4. The SMILES string of the molecule is O=c1c(=Cc2ccc(OCc3ccc([N+](=O)[O-])cc3)cc2)sc2nc3ccccc3n12. The first-order valence-electron chi connectivity index (χ1n) is 9.46. The van der Waals surface area contributed by atoms with Crippen LogP contribution in [0.5, 0.6) is 5.75 Å². The van der Waals surface area contributed by atoms with Gasteiger partial charge in [0.1, 0.15) is 12.4 Å². The Hall–Kier alpha value is -4.04. The first-order chi connectivity index (χ1) is 15.1. The van der Waals surface area contributed by atoms with E-state index >= 15 is 0 Å². The number of imidazole rings is 1. The molecule has 0 aliphatic carbocycles. The molecule has 0 atom stereocenters. The summed E-state index contributed by atoms with van der Waals surface area (Å²) in [5.74, 6) is 0.671. The molecule has 0 fully saturated rings. The molecule has 8 heteroatoms. The Morgan fingerprint density at radius 2 is 1.77 bits per heavy atom. The summed E-state index contributed by atoms with van der Waals surface area (Å²) in [5.41, 5.74) is 3.32. The summed E-state index contributed by atoms with van der Waals surface area (Å²) in [6, 6.07) is 21.3. The lowest BCUT2D eigenvalue weighted by atomic mass is 10.2. The maximum atomic E-state index is 12.8. The molecule has 31 heavy (non-hydrogen) atoms. The van der Waals surface area contributed by atoms with Crippen molar-refractivity contribution < 1.29 is 9.66 Å². The van der Waals surface area contributed by atoms with Gasteiger partial charge in [-0.25, -0.2) is 9.38 Å². The zero-order valence-corrected chi connectivity index (χ0v) is 16.9. The van der Waals surface area contributed by atoms with Crippen LogP contribution in [0.1, 0.15) is 11.1 Å². The van der Waals surface area contributed by atoms with E-state index in [4.69, 9.17) is 4.74 Å². The fourth-order valence-corrected chi connectivity index (χ4v) is 4.29. The number of nitro benzene ring substituents is 1. The van der Waals surface area contributed by atoms with Crippen LogP contribution in [0.2, 0.25) is 0 Å². The molecule has 0 amide bonds. The van der Waals surface area contributed by atoms with Gasteiger partial charge in [-0.15, -0.1) is 0 Å². The number of fused-ring (bicyclic) bond motifs is 3. The van der Waals surface area contributed by atoms with Gasteiger partial charge in [-0.05, 0) is 53.6 Å². The molecule has 152 valence electrons. The minimum Gasteiger partial charge on any atom is -0.489 e. The summed E-state index contributed by atoms with van der Waals surface area (Å²) in [5, 5.41) is 10.7. The van der Waals surface area contributed by atoms with E-state index in [-0.39, 0.29) is 11.2 Å². The minimum absolute atomic E-state index is 0.0513. The standard InChI is InChI=1S/C23H15N3O4S/c27-22-21(31-23-24-19-3-1-2-4-20(19)25(22)23)13-15-7-11-18(12-8-15)30-14-16-5-9-17(10-6-16)26(28)29/h1-13H,14H2. The average Bonchev–Trinajstić information content (AvgIpc) is 3.29. The Morgan fingerprint density at radius 1 is 1.03 bits per heavy atom. The van der Waals surface area contributed by atoms with E-state index in [1.807, 2.05) is 54.6 Å². The topological polar surface area (TPSA) is 86.7 Å². The van der Waals surface area contributed by atoms with E-state index in [1.165, 1.54) is 23.5 Å². The molecule has 7 nitrogen and oxygen atoms in total. The molecule has 0 aliphatic rings. The number of nitrogens with zero attached hydrogens (tertiary/aromatic N) is 3. The fourth-order valence-electron chi connectivity index (χ4n) is 3.30. The largest absolute Gasteiger partial charge is 0.489 e. The van der Waals surface area contributed by atoms with Gasteiger partial charge in [0.05, 0.1) is 20.5 Å². The number of benzene rings is 3. The van der Waals surface area contributed by atoms with Crippen LogP contribution in [-0.2, 0) is 6.61 Å². The minimum atomic E-state index is -0.430. The third-order valence-electron chi connectivity index (χ3n) is 4.88. The van der Waals surface area contributed by atoms with Crippen LogP contribution < -0.4 is 14.8 Å². The summed E-state index contributed by atoms with van der Waals surface area (Å²) in [7, 11) is 0. The van der Waals surface area contributed by atoms with Gasteiger partial charge in [0.15, 0.2) is 4.96 Å². The Kier molecular flexibility index (Phi) is 4.68. The maximum Gasteiger partial charge on any atom is 0.274 e. The lowest BCUT2D eigenvalue weighted by molar-refractivity contribution is -0.384. The lowest BCUT2D eigenvalue weighted by Gasteiger charge is -2.06. The van der Waals surface area contributed by atoms with Gasteiger partial charge in [-0.3, -0.25) is 14.9 Å². The molecule has 0 bridgehead atoms. The Labute approximate surface area is 179 Å². The van der Waals surface area contributed by atoms with Gasteiger partial charge in [0.2, 0.25) is 0 Å². The number of nitro groups is 1. The number of rotatable bonds is 5. The van der Waals surface area contributed by atoms with Crippen LogP contribution in [0, 0.1) is 10.1 Å². The Morgan fingerprint density at radius 3 is 2.52 bits per heavy atom. The molecular weight excluding hydrogens is 414 g/mol. The second-order valence-corrected chi connectivity index (χ2v) is 7.92. The smallest absolute Gasteiger partial charge is 0.274 e. The fraction of sp³-hybridized carbons (Fsp3) is 0.0435. The first-order valence-corrected chi connectivity index (χ1v) is 10.3. The first kappa shape index (κ1) is 19.0. The van der Waals surface area contributed by atoms with Gasteiger partial charge in [0.25, 0.3) is 11.2 Å². The van der Waals surface area contributed by atoms with E-state index < -0.39 is 4.92 Å². The van der Waals surface area contributed by atoms with Crippen molar-refractivity contribution in [3.8, 4) is 5.75 Å². The van der Waals surface area contributed by atoms with E-state index in [0.717, 1.165) is 22.2 Å². The molecule has 0 saturated heterocycles. The van der Waals surface area contributed by atoms with E-state index in [0.29, 0.717) is 21.8 Å². The summed E-state index contributed by atoms with van der Waals surface area (Å²) in [6.07, 6.45) is 1.84. The summed E-state index contributed by atoms with van der Waals surface area (Å²) < 4.78 is 8.01. The predicted molar refractivity (Wildman–Crippen MR) is 120 cm³/mol. The number of thiazole rings is 1. The second kappa shape index (κ2) is 7.66. The van der Waals surface area contributed by atoms with Crippen molar-refractivity contribution in [3.63, 3.8) is 0 Å². The Bertz CT molecular complexity index is 1520. The highest BCUT2D eigenvalue weighted by molar-refractivity contribution is 7.15. The highest BCUT2D eigenvalue weighted by atomic mass is 32.1. The zero-order valence-electron chi connectivity index (χ0n) is 16.1. The number of hydrogen-bond donors (Lipinski definition) is 0. The maximum absolute atomic E-state index is 12.8. The molecule has 0 aliphatic heterocycles. The van der Waals surface area contributed by atoms with Crippen molar-refractivity contribution in [3.05, 3.63) is 109 Å². The quantitative estimate of drug-likeness (QED) is 0.312. The number of para-hydroxylation sites is 2. The molecule has 2 heterocycles. The highest BCUT2D eigenvalue weighted by Crippen LogP contribution is 2.18. The number of aromatic nitrogens is 2. The van der Waals surface area contributed by atoms with Crippen LogP contribution in [0.3, 0.4) is 0 Å². The predicted octanol–water partition coefficient (Wildman–Crippen LogP) is 3.94. The van der Waals surface area contributed by atoms with Gasteiger partial charge >= 0.3 is 0 Å². The average molecular weight is 429 g/mol. The van der Waals surface area contributed by atoms with Gasteiger partial charge in [0, 0.05) is 12.1 Å². The van der Waals surface area contributed by atoms with Crippen LogP contribution in [0.25, 0.3) is 22.1 Å². The van der Waals surface area contributed by atoms with Gasteiger partial charge < -0.3 is 4.74 Å². The van der Waals surface area contributed by atoms with Crippen molar-refractivity contribution in [2.24, 2.45) is 0 Å². The molecule has 0 unspecified atom stereocenters. The molecule has 5 rings (SSSR count). The van der Waals surface area contributed by atoms with Crippen molar-refractivity contribution in [1.29, 1.82) is 0 Å². The van der Waals surface area contributed by atoms with E-state index in [2.05, 4.69) is 4.98 Å². The monoisotopic (exact) mass is 429 g/mol. The number of ether oxygens (including phenoxy) is 1. The molecule has 5 aromatic rings. The van der Waals surface area contributed by atoms with E-state index in [1.54, 1.807) is 16.5 Å². The second-order valence-electron chi connectivity index (χ2n) is 6.92. The van der Waals surface area contributed by atoms with Crippen molar-refractivity contribution >= 4 is 39.1 Å². The molecule has 0 radical (unpaired) electrons. The third-order valence-corrected chi connectivity index (χ3v) is 5.84. The molecule has 0 saturated carbocycles. The van der Waals surface area contributed by atoms with Crippen molar-refractivity contribution in [1.82, 2.24) is 9.38 Å².